The third-order valence-electron chi connectivity index (χ3n) is 4.89. The predicted octanol–water partition coefficient (Wildman–Crippen LogP) is 3.07. The summed E-state index contributed by atoms with van der Waals surface area (Å²) < 4.78 is 38.4. The van der Waals surface area contributed by atoms with Crippen LogP contribution in [0.4, 0.5) is 13.2 Å². The minimum absolute atomic E-state index is 0.0735. The molecule has 2 aromatic rings. The van der Waals surface area contributed by atoms with Crippen molar-refractivity contribution in [3.63, 3.8) is 0 Å². The molecular formula is C18H14F3NO2. The molecule has 1 amide bonds. The summed E-state index contributed by atoms with van der Waals surface area (Å²) in [6.45, 7) is -1.45. The Balaban J connectivity index is 1.91. The van der Waals surface area contributed by atoms with Crippen molar-refractivity contribution in [1.29, 1.82) is 0 Å². The van der Waals surface area contributed by atoms with Gasteiger partial charge in [-0.3, -0.25) is 4.79 Å². The Morgan fingerprint density at radius 3 is 2.04 bits per heavy atom. The molecule has 2 aromatic carbocycles. The van der Waals surface area contributed by atoms with E-state index in [1.807, 2.05) is 24.3 Å². The number of likely N-dealkylation sites (tertiary alicyclic amines) is 1. The second-order valence-corrected chi connectivity index (χ2v) is 6.23. The molecule has 1 atom stereocenters. The van der Waals surface area contributed by atoms with Gasteiger partial charge in [-0.25, -0.2) is 0 Å². The van der Waals surface area contributed by atoms with Crippen LogP contribution in [0.3, 0.4) is 0 Å². The van der Waals surface area contributed by atoms with Gasteiger partial charge in [0.25, 0.3) is 0 Å². The van der Waals surface area contributed by atoms with E-state index in [2.05, 4.69) is 0 Å². The minimum atomic E-state index is -4.56. The second-order valence-electron chi connectivity index (χ2n) is 6.23. The summed E-state index contributed by atoms with van der Waals surface area (Å²) in [5, 5.41) is 10.2. The zero-order valence-corrected chi connectivity index (χ0v) is 12.5. The smallest absolute Gasteiger partial charge is 0.373 e. The first-order chi connectivity index (χ1) is 11.3. The van der Waals surface area contributed by atoms with Crippen LogP contribution >= 0.6 is 0 Å². The van der Waals surface area contributed by atoms with E-state index in [1.165, 1.54) is 0 Å². The number of aliphatic hydroxyl groups is 1. The number of carbonyl (C=O) groups is 1. The first kappa shape index (κ1) is 15.2. The lowest BCUT2D eigenvalue weighted by molar-refractivity contribution is -0.171. The van der Waals surface area contributed by atoms with Crippen LogP contribution < -0.4 is 0 Å². The van der Waals surface area contributed by atoms with E-state index in [9.17, 15) is 23.1 Å². The summed E-state index contributed by atoms with van der Waals surface area (Å²) in [5.74, 6) is -0.690. The highest BCUT2D eigenvalue weighted by atomic mass is 19.4. The van der Waals surface area contributed by atoms with Crippen molar-refractivity contribution in [3.8, 4) is 11.1 Å². The van der Waals surface area contributed by atoms with Crippen LogP contribution in [0.2, 0.25) is 0 Å². The molecule has 1 spiro atoms. The number of aliphatic hydroxyl groups excluding tert-OH is 1. The van der Waals surface area contributed by atoms with Crippen LogP contribution in [0.1, 0.15) is 17.5 Å². The maximum atomic E-state index is 13.0. The first-order valence-corrected chi connectivity index (χ1v) is 7.60. The monoisotopic (exact) mass is 333 g/mol. The molecule has 124 valence electrons. The van der Waals surface area contributed by atoms with Crippen LogP contribution in [-0.4, -0.2) is 34.9 Å². The van der Waals surface area contributed by atoms with Gasteiger partial charge in [0.15, 0.2) is 0 Å². The van der Waals surface area contributed by atoms with Gasteiger partial charge in [-0.1, -0.05) is 48.5 Å². The fourth-order valence-corrected chi connectivity index (χ4v) is 4.00. The average molecular weight is 333 g/mol. The molecule has 6 heteroatoms. The molecule has 2 aliphatic rings. The molecule has 4 rings (SSSR count). The molecule has 1 aliphatic carbocycles. The van der Waals surface area contributed by atoms with E-state index in [1.54, 1.807) is 24.3 Å². The van der Waals surface area contributed by atoms with Gasteiger partial charge >= 0.3 is 6.18 Å². The summed E-state index contributed by atoms with van der Waals surface area (Å²) >= 11 is 0. The topological polar surface area (TPSA) is 40.5 Å². The van der Waals surface area contributed by atoms with E-state index in [-0.39, 0.29) is 6.42 Å². The van der Waals surface area contributed by atoms with Crippen molar-refractivity contribution in [2.45, 2.75) is 24.2 Å². The number of halogens is 3. The van der Waals surface area contributed by atoms with Crippen LogP contribution in [-0.2, 0) is 10.2 Å². The quantitative estimate of drug-likeness (QED) is 0.871. The summed E-state index contributed by atoms with van der Waals surface area (Å²) in [7, 11) is 0. The van der Waals surface area contributed by atoms with Crippen molar-refractivity contribution in [3.05, 3.63) is 59.7 Å². The highest BCUT2D eigenvalue weighted by molar-refractivity contribution is 6.02. The SMILES string of the molecule is O=C1N(CC(F)(F)F)C(O)CC12c1ccccc1-c1ccccc12. The molecule has 1 saturated heterocycles. The van der Waals surface area contributed by atoms with Gasteiger partial charge < -0.3 is 10.0 Å². The van der Waals surface area contributed by atoms with Crippen LogP contribution in [0.15, 0.2) is 48.5 Å². The van der Waals surface area contributed by atoms with E-state index < -0.39 is 30.3 Å². The predicted molar refractivity (Wildman–Crippen MR) is 81.0 cm³/mol. The maximum absolute atomic E-state index is 13.0. The summed E-state index contributed by atoms with van der Waals surface area (Å²) in [6, 6.07) is 14.4. The number of carbonyl (C=O) groups excluding carboxylic acids is 1. The lowest BCUT2D eigenvalue weighted by atomic mass is 9.76. The summed E-state index contributed by atoms with van der Waals surface area (Å²) in [5.41, 5.74) is 1.77. The second kappa shape index (κ2) is 4.83. The first-order valence-electron chi connectivity index (χ1n) is 7.60. The van der Waals surface area contributed by atoms with E-state index in [0.29, 0.717) is 16.0 Å². The molecule has 1 unspecified atom stereocenters. The van der Waals surface area contributed by atoms with Gasteiger partial charge in [-0.2, -0.15) is 13.2 Å². The van der Waals surface area contributed by atoms with E-state index in [0.717, 1.165) is 11.1 Å². The lowest BCUT2D eigenvalue weighted by Gasteiger charge is -2.26. The zero-order valence-electron chi connectivity index (χ0n) is 12.5. The third kappa shape index (κ3) is 1.92. The normalized spacial score (nSPS) is 21.2. The molecule has 1 fully saturated rings. The highest BCUT2D eigenvalue weighted by Gasteiger charge is 2.59. The largest absolute Gasteiger partial charge is 0.406 e. The maximum Gasteiger partial charge on any atom is 0.406 e. The van der Waals surface area contributed by atoms with Crippen molar-refractivity contribution in [1.82, 2.24) is 4.90 Å². The van der Waals surface area contributed by atoms with Crippen molar-refractivity contribution >= 4 is 5.91 Å². The number of benzene rings is 2. The standard InChI is InChI=1S/C18H14F3NO2/c19-18(20,21)10-22-15(23)9-17(16(22)24)13-7-3-1-5-11(13)12-6-2-4-8-14(12)17/h1-8,15,23H,9-10H2. The van der Waals surface area contributed by atoms with Gasteiger partial charge in [0.2, 0.25) is 5.91 Å². The summed E-state index contributed by atoms with van der Waals surface area (Å²) in [6.07, 6.45) is -6.09. The molecule has 0 radical (unpaired) electrons. The Kier molecular flexibility index (Phi) is 3.06. The Hall–Kier alpha value is -2.34. The number of hydrogen-bond acceptors (Lipinski definition) is 2. The molecule has 0 bridgehead atoms. The Morgan fingerprint density at radius 2 is 1.54 bits per heavy atom. The number of alkyl halides is 3. The number of amides is 1. The number of fused-ring (bicyclic) bond motifs is 5. The van der Waals surface area contributed by atoms with Gasteiger partial charge in [-0.05, 0) is 22.3 Å². The zero-order chi connectivity index (χ0) is 17.1. The van der Waals surface area contributed by atoms with Crippen molar-refractivity contribution in [2.75, 3.05) is 6.54 Å². The van der Waals surface area contributed by atoms with Crippen LogP contribution in [0.25, 0.3) is 11.1 Å². The molecule has 1 aliphatic heterocycles. The van der Waals surface area contributed by atoms with Crippen LogP contribution in [0.5, 0.6) is 0 Å². The number of nitrogens with zero attached hydrogens (tertiary/aromatic N) is 1. The third-order valence-corrected chi connectivity index (χ3v) is 4.89. The molecule has 3 nitrogen and oxygen atoms in total. The Labute approximate surface area is 136 Å². The fraction of sp³-hybridized carbons (Fsp3) is 0.278. The highest BCUT2D eigenvalue weighted by Crippen LogP contribution is 2.55. The molecular weight excluding hydrogens is 319 g/mol. The minimum Gasteiger partial charge on any atom is -0.373 e. The number of rotatable bonds is 1. The molecule has 0 aromatic heterocycles. The van der Waals surface area contributed by atoms with Gasteiger partial charge in [0.1, 0.15) is 18.2 Å². The molecule has 24 heavy (non-hydrogen) atoms. The fourth-order valence-electron chi connectivity index (χ4n) is 4.00. The van der Waals surface area contributed by atoms with Crippen molar-refractivity contribution in [2.24, 2.45) is 0 Å². The van der Waals surface area contributed by atoms with E-state index in [4.69, 9.17) is 0 Å². The molecule has 1 N–H and O–H groups in total. The summed E-state index contributed by atoms with van der Waals surface area (Å²) in [4.78, 5) is 13.5. The van der Waals surface area contributed by atoms with Crippen LogP contribution in [0, 0.1) is 0 Å². The molecule has 0 saturated carbocycles. The Morgan fingerprint density at radius 1 is 1.04 bits per heavy atom. The average Bonchev–Trinajstić information content (AvgIpc) is 2.96. The van der Waals surface area contributed by atoms with Gasteiger partial charge in [0, 0.05) is 6.42 Å². The lowest BCUT2D eigenvalue weighted by Crippen LogP contribution is -2.43. The van der Waals surface area contributed by atoms with Gasteiger partial charge in [0.05, 0.1) is 0 Å². The van der Waals surface area contributed by atoms with E-state index >= 15 is 0 Å². The molecule has 1 heterocycles. The van der Waals surface area contributed by atoms with Gasteiger partial charge in [-0.15, -0.1) is 0 Å². The number of hydrogen-bond donors (Lipinski definition) is 1. The Bertz CT molecular complexity index is 786. The van der Waals surface area contributed by atoms with Crippen molar-refractivity contribution < 1.29 is 23.1 Å².